The molecule has 1 fully saturated rings. The zero-order chi connectivity index (χ0) is 32.4. The number of likely N-dealkylation sites (N-methyl/N-ethyl adjacent to an activating group) is 1. The Labute approximate surface area is 262 Å². The fourth-order valence-electron chi connectivity index (χ4n) is 5.45. The van der Waals surface area contributed by atoms with E-state index in [1.165, 1.54) is 36.4 Å². The van der Waals surface area contributed by atoms with Gasteiger partial charge in [0.15, 0.2) is 0 Å². The Hall–Kier alpha value is -5.25. The molecule has 0 aliphatic carbocycles. The highest BCUT2D eigenvalue weighted by atomic mass is 19.1. The van der Waals surface area contributed by atoms with Crippen molar-refractivity contribution in [3.8, 4) is 23.2 Å². The number of carboxylic acid groups (broad SMARTS) is 1. The number of imidazole rings is 1. The third-order valence-electron chi connectivity index (χ3n) is 7.84. The minimum atomic E-state index is -1.09. The number of rotatable bonds is 9. The van der Waals surface area contributed by atoms with Crippen molar-refractivity contribution in [3.05, 3.63) is 112 Å². The van der Waals surface area contributed by atoms with Crippen LogP contribution in [0.4, 0.5) is 13.2 Å². The molecule has 0 bridgehead atoms. The topological polar surface area (TPSA) is 114 Å². The molecule has 9 nitrogen and oxygen atoms in total. The maximum Gasteiger partial charge on any atom is 0.335 e. The molecule has 1 aliphatic heterocycles. The number of aromatic nitrogens is 3. The number of hydrogen-bond acceptors (Lipinski definition) is 7. The second-order valence-electron chi connectivity index (χ2n) is 11.1. The molecule has 0 saturated carbocycles. The number of hydrogen-bond donors (Lipinski definition) is 1. The number of fused-ring (bicyclic) bond motifs is 1. The monoisotopic (exact) mass is 627 g/mol. The van der Waals surface area contributed by atoms with Crippen LogP contribution in [0.1, 0.15) is 32.9 Å². The van der Waals surface area contributed by atoms with Crippen molar-refractivity contribution >= 4 is 17.0 Å². The zero-order valence-corrected chi connectivity index (χ0v) is 24.7. The predicted molar refractivity (Wildman–Crippen MR) is 162 cm³/mol. The van der Waals surface area contributed by atoms with Gasteiger partial charge in [-0.2, -0.15) is 5.26 Å². The Morgan fingerprint density at radius 2 is 1.87 bits per heavy atom. The van der Waals surface area contributed by atoms with Crippen LogP contribution in [0.3, 0.4) is 0 Å². The molecule has 3 aromatic carbocycles. The van der Waals surface area contributed by atoms with Gasteiger partial charge in [0, 0.05) is 36.7 Å². The van der Waals surface area contributed by atoms with Gasteiger partial charge in [0.05, 0.1) is 53.2 Å². The molecule has 0 amide bonds. The average molecular weight is 628 g/mol. The summed E-state index contributed by atoms with van der Waals surface area (Å²) in [4.78, 5) is 22.8. The summed E-state index contributed by atoms with van der Waals surface area (Å²) in [6.45, 7) is 2.14. The number of halogens is 3. The first-order valence-electron chi connectivity index (χ1n) is 14.5. The van der Waals surface area contributed by atoms with Gasteiger partial charge >= 0.3 is 5.97 Å². The van der Waals surface area contributed by atoms with E-state index in [2.05, 4.69) is 14.9 Å². The number of benzene rings is 3. The lowest BCUT2D eigenvalue weighted by atomic mass is 10.0. The lowest BCUT2D eigenvalue weighted by Crippen LogP contribution is -2.42. The molecule has 0 radical (unpaired) electrons. The van der Waals surface area contributed by atoms with Crippen molar-refractivity contribution in [2.24, 2.45) is 0 Å². The molecule has 234 valence electrons. The number of aromatic carboxylic acids is 1. The van der Waals surface area contributed by atoms with Gasteiger partial charge in [-0.25, -0.2) is 27.9 Å². The highest BCUT2D eigenvalue weighted by Gasteiger charge is 2.23. The van der Waals surface area contributed by atoms with Crippen LogP contribution in [0, 0.1) is 28.8 Å². The summed E-state index contributed by atoms with van der Waals surface area (Å²) in [5.41, 5.74) is 1.65. The van der Waals surface area contributed by atoms with Crippen LogP contribution in [-0.4, -0.2) is 63.4 Å². The fourth-order valence-corrected chi connectivity index (χ4v) is 5.45. The van der Waals surface area contributed by atoms with E-state index in [-0.39, 0.29) is 58.5 Å². The van der Waals surface area contributed by atoms with E-state index in [9.17, 15) is 14.3 Å². The molecule has 1 aliphatic rings. The minimum Gasteiger partial charge on any atom is -0.478 e. The quantitative estimate of drug-likeness (QED) is 0.225. The van der Waals surface area contributed by atoms with Crippen LogP contribution in [0.15, 0.2) is 66.7 Å². The molecular formula is C34H28F3N5O4. The smallest absolute Gasteiger partial charge is 0.335 e. The largest absolute Gasteiger partial charge is 0.478 e. The summed E-state index contributed by atoms with van der Waals surface area (Å²) >= 11 is 0. The molecule has 3 heterocycles. The number of carbonyl (C=O) groups is 1. The molecule has 6 rings (SSSR count). The van der Waals surface area contributed by atoms with Gasteiger partial charge < -0.3 is 24.0 Å². The maximum absolute atomic E-state index is 15.6. The minimum absolute atomic E-state index is 0.0571. The third kappa shape index (κ3) is 6.56. The molecule has 1 saturated heterocycles. The first-order valence-corrected chi connectivity index (χ1v) is 14.5. The highest BCUT2D eigenvalue weighted by Crippen LogP contribution is 2.29. The number of nitriles is 1. The Bertz CT molecular complexity index is 1990. The van der Waals surface area contributed by atoms with E-state index >= 15 is 8.78 Å². The highest BCUT2D eigenvalue weighted by molar-refractivity contribution is 5.92. The van der Waals surface area contributed by atoms with E-state index in [1.54, 1.807) is 12.1 Å². The van der Waals surface area contributed by atoms with E-state index in [0.29, 0.717) is 36.6 Å². The van der Waals surface area contributed by atoms with Gasteiger partial charge in [0.2, 0.25) is 5.88 Å². The lowest BCUT2D eigenvalue weighted by Gasteiger charge is -2.30. The second kappa shape index (κ2) is 13.0. The number of pyridine rings is 1. The molecule has 5 aromatic rings. The Balaban J connectivity index is 1.27. The molecule has 0 spiro atoms. The van der Waals surface area contributed by atoms with Crippen molar-refractivity contribution in [1.29, 1.82) is 5.26 Å². The van der Waals surface area contributed by atoms with Crippen molar-refractivity contribution < 1.29 is 32.5 Å². The normalized spacial score (nSPS) is 15.2. The van der Waals surface area contributed by atoms with Gasteiger partial charge in [-0.1, -0.05) is 12.1 Å². The van der Waals surface area contributed by atoms with Gasteiger partial charge in [-0.3, -0.25) is 0 Å². The number of morpholine rings is 1. The van der Waals surface area contributed by atoms with E-state index < -0.39 is 23.4 Å². The van der Waals surface area contributed by atoms with Crippen molar-refractivity contribution in [2.45, 2.75) is 25.7 Å². The van der Waals surface area contributed by atoms with Crippen molar-refractivity contribution in [1.82, 2.24) is 19.4 Å². The van der Waals surface area contributed by atoms with E-state index in [0.717, 1.165) is 24.7 Å². The summed E-state index contributed by atoms with van der Waals surface area (Å²) in [7, 11) is 1.98. The standard InChI is InChI=1S/C34H28F3N5O4/c1-41-9-10-45-24(17-41)18-42-31-13-21(34(43)44)7-8-30(31)39-32(42)14-23-12-28(37)25(15-27(23)36)29-3-2-4-33(40-29)46-19-22-6-5-20(16-38)11-26(22)35/h2-8,11-13,15,24H,9-10,14,17-19H2,1H3,(H,43,44)/t24-/m1/s1. The summed E-state index contributed by atoms with van der Waals surface area (Å²) in [5.74, 6) is -2.57. The number of carboxylic acids is 1. The predicted octanol–water partition coefficient (Wildman–Crippen LogP) is 5.59. The van der Waals surface area contributed by atoms with Crippen LogP contribution in [0.5, 0.6) is 5.88 Å². The Morgan fingerprint density at radius 1 is 1.04 bits per heavy atom. The van der Waals surface area contributed by atoms with Crippen LogP contribution >= 0.6 is 0 Å². The van der Waals surface area contributed by atoms with E-state index in [4.69, 9.17) is 14.7 Å². The summed E-state index contributed by atoms with van der Waals surface area (Å²) in [5, 5.41) is 18.5. The first-order chi connectivity index (χ1) is 22.2. The molecule has 12 heteroatoms. The maximum atomic E-state index is 15.6. The Morgan fingerprint density at radius 3 is 2.63 bits per heavy atom. The van der Waals surface area contributed by atoms with Gasteiger partial charge in [-0.15, -0.1) is 0 Å². The molecule has 0 unspecified atom stereocenters. The van der Waals surface area contributed by atoms with Crippen LogP contribution in [0.25, 0.3) is 22.3 Å². The number of ether oxygens (including phenoxy) is 2. The van der Waals surface area contributed by atoms with E-state index in [1.807, 2.05) is 17.7 Å². The third-order valence-corrected chi connectivity index (χ3v) is 7.84. The summed E-state index contributed by atoms with van der Waals surface area (Å²) < 4.78 is 58.8. The second-order valence-corrected chi connectivity index (χ2v) is 11.1. The molecular weight excluding hydrogens is 599 g/mol. The summed E-state index contributed by atoms with van der Waals surface area (Å²) in [6, 6.07) is 17.2. The van der Waals surface area contributed by atoms with Crippen LogP contribution < -0.4 is 4.74 Å². The molecule has 2 aromatic heterocycles. The van der Waals surface area contributed by atoms with Gasteiger partial charge in [-0.05, 0) is 61.1 Å². The van der Waals surface area contributed by atoms with Crippen molar-refractivity contribution in [2.75, 3.05) is 26.7 Å². The molecule has 46 heavy (non-hydrogen) atoms. The SMILES string of the molecule is CN1CCO[C@@H](Cn2c(Cc3cc(F)c(-c4cccc(OCc5ccc(C#N)cc5F)n4)cc3F)nc3ccc(C(=O)O)cc32)C1. The van der Waals surface area contributed by atoms with Gasteiger partial charge in [0.1, 0.15) is 29.9 Å². The van der Waals surface area contributed by atoms with Crippen LogP contribution in [-0.2, 0) is 24.3 Å². The number of nitrogens with zero attached hydrogens (tertiary/aromatic N) is 5. The molecule has 1 N–H and O–H groups in total. The zero-order valence-electron chi connectivity index (χ0n) is 24.7. The van der Waals surface area contributed by atoms with Gasteiger partial charge in [0.25, 0.3) is 0 Å². The summed E-state index contributed by atoms with van der Waals surface area (Å²) in [6.07, 6.45) is -0.267. The fraction of sp³-hybridized carbons (Fsp3) is 0.235. The average Bonchev–Trinajstić information content (AvgIpc) is 3.37. The van der Waals surface area contributed by atoms with Crippen LogP contribution in [0.2, 0.25) is 0 Å². The lowest BCUT2D eigenvalue weighted by molar-refractivity contribution is -0.0272. The van der Waals surface area contributed by atoms with Crippen molar-refractivity contribution in [3.63, 3.8) is 0 Å². The first kappa shape index (κ1) is 30.8. The molecule has 1 atom stereocenters. The Kier molecular flexibility index (Phi) is 8.70.